The SMILES string of the molecule is CN1CCCN(CC2CCCNC2)C1=O. The van der Waals surface area contributed by atoms with Crippen LogP contribution in [0.3, 0.4) is 0 Å². The monoisotopic (exact) mass is 211 g/mol. The van der Waals surface area contributed by atoms with Gasteiger partial charge in [-0.15, -0.1) is 0 Å². The first kappa shape index (κ1) is 10.7. The van der Waals surface area contributed by atoms with Gasteiger partial charge in [-0.05, 0) is 38.3 Å². The maximum absolute atomic E-state index is 11.8. The van der Waals surface area contributed by atoms with Gasteiger partial charge in [-0.1, -0.05) is 0 Å². The van der Waals surface area contributed by atoms with Crippen LogP contribution in [0.1, 0.15) is 19.3 Å². The topological polar surface area (TPSA) is 35.6 Å². The van der Waals surface area contributed by atoms with Gasteiger partial charge in [0.25, 0.3) is 0 Å². The number of hydrogen-bond donors (Lipinski definition) is 1. The van der Waals surface area contributed by atoms with Crippen LogP contribution < -0.4 is 5.32 Å². The van der Waals surface area contributed by atoms with Crippen molar-refractivity contribution in [1.82, 2.24) is 15.1 Å². The molecule has 0 aliphatic carbocycles. The van der Waals surface area contributed by atoms with Gasteiger partial charge in [0.1, 0.15) is 0 Å². The van der Waals surface area contributed by atoms with E-state index in [0.29, 0.717) is 5.92 Å². The molecule has 0 bridgehead atoms. The summed E-state index contributed by atoms with van der Waals surface area (Å²) in [6.07, 6.45) is 3.63. The Kier molecular flexibility index (Phi) is 3.46. The molecule has 2 amide bonds. The quantitative estimate of drug-likeness (QED) is 0.731. The Bertz CT molecular complexity index is 226. The van der Waals surface area contributed by atoms with Crippen molar-refractivity contribution in [3.63, 3.8) is 0 Å². The number of carbonyl (C=O) groups is 1. The fourth-order valence-corrected chi connectivity index (χ4v) is 2.49. The van der Waals surface area contributed by atoms with E-state index < -0.39 is 0 Å². The summed E-state index contributed by atoms with van der Waals surface area (Å²) in [6.45, 7) is 5.02. The molecule has 2 fully saturated rings. The van der Waals surface area contributed by atoms with Gasteiger partial charge in [0.15, 0.2) is 0 Å². The van der Waals surface area contributed by atoms with Gasteiger partial charge in [-0.3, -0.25) is 0 Å². The van der Waals surface area contributed by atoms with E-state index in [1.165, 1.54) is 12.8 Å². The van der Waals surface area contributed by atoms with Gasteiger partial charge in [-0.25, -0.2) is 4.79 Å². The number of piperidine rings is 1. The van der Waals surface area contributed by atoms with Crippen molar-refractivity contribution in [2.75, 3.05) is 39.8 Å². The minimum absolute atomic E-state index is 0.215. The molecule has 1 unspecified atom stereocenters. The highest BCUT2D eigenvalue weighted by atomic mass is 16.2. The molecule has 0 aromatic carbocycles. The largest absolute Gasteiger partial charge is 0.328 e. The van der Waals surface area contributed by atoms with E-state index in [0.717, 1.165) is 39.1 Å². The number of urea groups is 1. The molecule has 2 rings (SSSR count). The molecule has 4 heteroatoms. The van der Waals surface area contributed by atoms with Crippen molar-refractivity contribution in [2.24, 2.45) is 5.92 Å². The number of nitrogens with one attached hydrogen (secondary N) is 1. The average Bonchev–Trinajstić information content (AvgIpc) is 2.26. The van der Waals surface area contributed by atoms with E-state index >= 15 is 0 Å². The van der Waals surface area contributed by atoms with Crippen LogP contribution in [0.25, 0.3) is 0 Å². The Morgan fingerprint density at radius 2 is 2.27 bits per heavy atom. The standard InChI is InChI=1S/C11H21N3O/c1-13-6-3-7-14(11(13)15)9-10-4-2-5-12-8-10/h10,12H,2-9H2,1H3. The molecule has 15 heavy (non-hydrogen) atoms. The molecule has 2 saturated heterocycles. The second-order valence-corrected chi connectivity index (χ2v) is 4.72. The fraction of sp³-hybridized carbons (Fsp3) is 0.909. The van der Waals surface area contributed by atoms with E-state index in [4.69, 9.17) is 0 Å². The number of carbonyl (C=O) groups excluding carboxylic acids is 1. The predicted octanol–water partition coefficient (Wildman–Crippen LogP) is 0.743. The molecule has 0 saturated carbocycles. The summed E-state index contributed by atoms with van der Waals surface area (Å²) in [7, 11) is 1.90. The normalized spacial score (nSPS) is 28.3. The minimum Gasteiger partial charge on any atom is -0.328 e. The molecular weight excluding hydrogens is 190 g/mol. The summed E-state index contributed by atoms with van der Waals surface area (Å²) >= 11 is 0. The van der Waals surface area contributed by atoms with Gasteiger partial charge in [-0.2, -0.15) is 0 Å². The summed E-state index contributed by atoms with van der Waals surface area (Å²) in [4.78, 5) is 15.7. The van der Waals surface area contributed by atoms with Crippen molar-refractivity contribution < 1.29 is 4.79 Å². The summed E-state index contributed by atoms with van der Waals surface area (Å²) < 4.78 is 0. The highest BCUT2D eigenvalue weighted by molar-refractivity contribution is 5.74. The molecule has 0 aromatic rings. The van der Waals surface area contributed by atoms with Crippen LogP contribution in [0.2, 0.25) is 0 Å². The Labute approximate surface area is 91.6 Å². The summed E-state index contributed by atoms with van der Waals surface area (Å²) in [5, 5.41) is 3.40. The van der Waals surface area contributed by atoms with Crippen LogP contribution in [0, 0.1) is 5.92 Å². The lowest BCUT2D eigenvalue weighted by Gasteiger charge is -2.36. The first-order chi connectivity index (χ1) is 7.27. The van der Waals surface area contributed by atoms with E-state index in [1.807, 2.05) is 16.8 Å². The Balaban J connectivity index is 1.84. The molecule has 2 heterocycles. The molecule has 4 nitrogen and oxygen atoms in total. The van der Waals surface area contributed by atoms with Crippen LogP contribution >= 0.6 is 0 Å². The van der Waals surface area contributed by atoms with Crippen LogP contribution in [0.15, 0.2) is 0 Å². The lowest BCUT2D eigenvalue weighted by molar-refractivity contribution is 0.128. The predicted molar refractivity (Wildman–Crippen MR) is 59.8 cm³/mol. The molecule has 2 aliphatic heterocycles. The van der Waals surface area contributed by atoms with Crippen molar-refractivity contribution >= 4 is 6.03 Å². The van der Waals surface area contributed by atoms with Crippen molar-refractivity contribution in [1.29, 1.82) is 0 Å². The number of nitrogens with zero attached hydrogens (tertiary/aromatic N) is 2. The Morgan fingerprint density at radius 3 is 3.00 bits per heavy atom. The lowest BCUT2D eigenvalue weighted by Crippen LogP contribution is -2.50. The Hall–Kier alpha value is -0.770. The maximum Gasteiger partial charge on any atom is 0.319 e. The molecule has 2 aliphatic rings. The number of hydrogen-bond acceptors (Lipinski definition) is 2. The van der Waals surface area contributed by atoms with Crippen LogP contribution in [-0.2, 0) is 0 Å². The Morgan fingerprint density at radius 1 is 1.40 bits per heavy atom. The number of amides is 2. The molecule has 0 spiro atoms. The highest BCUT2D eigenvalue weighted by Crippen LogP contribution is 2.15. The highest BCUT2D eigenvalue weighted by Gasteiger charge is 2.25. The molecule has 1 atom stereocenters. The maximum atomic E-state index is 11.8. The average molecular weight is 211 g/mol. The first-order valence-electron chi connectivity index (χ1n) is 5.98. The van der Waals surface area contributed by atoms with Crippen LogP contribution in [-0.4, -0.2) is 55.6 Å². The third kappa shape index (κ3) is 2.62. The van der Waals surface area contributed by atoms with E-state index in [9.17, 15) is 4.79 Å². The molecule has 0 radical (unpaired) electrons. The van der Waals surface area contributed by atoms with E-state index in [-0.39, 0.29) is 6.03 Å². The first-order valence-corrected chi connectivity index (χ1v) is 5.98. The summed E-state index contributed by atoms with van der Waals surface area (Å²) in [5.41, 5.74) is 0. The summed E-state index contributed by atoms with van der Waals surface area (Å²) in [6, 6.07) is 0.215. The van der Waals surface area contributed by atoms with E-state index in [1.54, 1.807) is 0 Å². The second-order valence-electron chi connectivity index (χ2n) is 4.72. The van der Waals surface area contributed by atoms with Crippen molar-refractivity contribution in [3.8, 4) is 0 Å². The fourth-order valence-electron chi connectivity index (χ4n) is 2.49. The smallest absolute Gasteiger partial charge is 0.319 e. The zero-order valence-electron chi connectivity index (χ0n) is 9.54. The zero-order chi connectivity index (χ0) is 10.7. The van der Waals surface area contributed by atoms with Gasteiger partial charge in [0, 0.05) is 26.7 Å². The van der Waals surface area contributed by atoms with Crippen LogP contribution in [0.4, 0.5) is 4.79 Å². The number of rotatable bonds is 2. The molecule has 0 aromatic heterocycles. The zero-order valence-corrected chi connectivity index (χ0v) is 9.54. The molecule has 1 N–H and O–H groups in total. The summed E-state index contributed by atoms with van der Waals surface area (Å²) in [5.74, 6) is 0.661. The van der Waals surface area contributed by atoms with E-state index in [2.05, 4.69) is 5.32 Å². The van der Waals surface area contributed by atoms with Gasteiger partial charge < -0.3 is 15.1 Å². The second kappa shape index (κ2) is 4.84. The lowest BCUT2D eigenvalue weighted by atomic mass is 9.99. The van der Waals surface area contributed by atoms with Gasteiger partial charge in [0.2, 0.25) is 0 Å². The minimum atomic E-state index is 0.215. The molecule has 86 valence electrons. The van der Waals surface area contributed by atoms with Crippen molar-refractivity contribution in [3.05, 3.63) is 0 Å². The van der Waals surface area contributed by atoms with Crippen LogP contribution in [0.5, 0.6) is 0 Å². The van der Waals surface area contributed by atoms with Gasteiger partial charge >= 0.3 is 6.03 Å². The van der Waals surface area contributed by atoms with Gasteiger partial charge in [0.05, 0.1) is 0 Å². The third-order valence-corrected chi connectivity index (χ3v) is 3.40. The molecular formula is C11H21N3O. The van der Waals surface area contributed by atoms with Crippen molar-refractivity contribution in [2.45, 2.75) is 19.3 Å². The third-order valence-electron chi connectivity index (χ3n) is 3.40.